The number of hydrogen-bond donors (Lipinski definition) is 0. The summed E-state index contributed by atoms with van der Waals surface area (Å²) in [4.78, 5) is 2.42. The van der Waals surface area contributed by atoms with Crippen LogP contribution in [0.2, 0.25) is 0 Å². The SMILES string of the molecule is CC1(C)c2ccccc2-c2ccc(N(c3ccc4oc5cc6c(cc5c4c3)oc3cc(-c4ccccc4)ccc36)c3ccccc3-c3ccc(-c4ccccc4)cc3)cc21. The Balaban J connectivity index is 1.03. The molecule has 1 aliphatic carbocycles. The van der Waals surface area contributed by atoms with Gasteiger partial charge >= 0.3 is 0 Å². The van der Waals surface area contributed by atoms with Crippen LogP contribution in [0.25, 0.3) is 88.4 Å². The average Bonchev–Trinajstić information content (AvgIpc) is 3.92. The number of rotatable bonds is 6. The van der Waals surface area contributed by atoms with E-state index in [9.17, 15) is 0 Å². The van der Waals surface area contributed by atoms with Gasteiger partial charge in [-0.2, -0.15) is 0 Å². The highest BCUT2D eigenvalue weighted by Crippen LogP contribution is 2.52. The van der Waals surface area contributed by atoms with Gasteiger partial charge in [-0.15, -0.1) is 0 Å². The number of benzene rings is 9. The molecule has 2 aromatic heterocycles. The van der Waals surface area contributed by atoms with E-state index in [0.717, 1.165) is 77.6 Å². The van der Waals surface area contributed by atoms with Crippen molar-refractivity contribution in [3.63, 3.8) is 0 Å². The fourth-order valence-corrected chi connectivity index (χ4v) is 9.63. The lowest BCUT2D eigenvalue weighted by atomic mass is 9.82. The minimum absolute atomic E-state index is 0.148. The molecule has 0 aliphatic heterocycles. The van der Waals surface area contributed by atoms with Crippen LogP contribution in [0, 0.1) is 0 Å². The van der Waals surface area contributed by atoms with Crippen molar-refractivity contribution in [3.8, 4) is 44.5 Å². The van der Waals surface area contributed by atoms with Crippen LogP contribution in [0.5, 0.6) is 0 Å². The van der Waals surface area contributed by atoms with Crippen molar-refractivity contribution in [2.45, 2.75) is 19.3 Å². The van der Waals surface area contributed by atoms with Gasteiger partial charge in [0.25, 0.3) is 0 Å². The molecule has 0 amide bonds. The zero-order valence-corrected chi connectivity index (χ0v) is 33.3. The van der Waals surface area contributed by atoms with E-state index in [2.05, 4.69) is 213 Å². The van der Waals surface area contributed by atoms with E-state index in [0.29, 0.717) is 0 Å². The molecule has 3 nitrogen and oxygen atoms in total. The zero-order valence-electron chi connectivity index (χ0n) is 33.3. The van der Waals surface area contributed by atoms with Gasteiger partial charge in [-0.25, -0.2) is 0 Å². The third kappa shape index (κ3) is 5.36. The molecule has 2 heterocycles. The second-order valence-corrected chi connectivity index (χ2v) is 16.5. The standard InChI is InChI=1S/C57H39NO2/c1-57(2)50-19-11-9-18-44(50)45-29-26-42(33-51(45)57)58(52-20-12-10-17-43(52)39-23-21-38(22-24-39)36-13-5-3-6-14-36)41-27-30-53-47(32-41)49-35-55-48(34-56(49)59-53)46-28-25-40(31-54(46)60-55)37-15-7-4-8-16-37/h3-35H,1-2H3. The fourth-order valence-electron chi connectivity index (χ4n) is 9.63. The van der Waals surface area contributed by atoms with Gasteiger partial charge in [-0.05, 0) is 111 Å². The summed E-state index contributed by atoms with van der Waals surface area (Å²) >= 11 is 0. The van der Waals surface area contributed by atoms with Crippen molar-refractivity contribution in [1.29, 1.82) is 0 Å². The van der Waals surface area contributed by atoms with Crippen molar-refractivity contribution < 1.29 is 8.83 Å². The molecule has 60 heavy (non-hydrogen) atoms. The van der Waals surface area contributed by atoms with Gasteiger partial charge in [0.15, 0.2) is 0 Å². The van der Waals surface area contributed by atoms with E-state index in [1.165, 1.54) is 38.9 Å². The molecule has 0 fully saturated rings. The number of anilines is 3. The zero-order chi connectivity index (χ0) is 40.0. The maximum Gasteiger partial charge on any atom is 0.136 e. The van der Waals surface area contributed by atoms with E-state index in [4.69, 9.17) is 8.83 Å². The number of para-hydroxylation sites is 1. The van der Waals surface area contributed by atoms with Crippen LogP contribution in [0.1, 0.15) is 25.0 Å². The summed E-state index contributed by atoms with van der Waals surface area (Å²) in [5, 5.41) is 4.19. The third-order valence-electron chi connectivity index (χ3n) is 12.7. The molecular weight excluding hydrogens is 731 g/mol. The number of nitrogens with zero attached hydrogens (tertiary/aromatic N) is 1. The lowest BCUT2D eigenvalue weighted by molar-refractivity contribution is 0.660. The first-order valence-corrected chi connectivity index (χ1v) is 20.7. The summed E-state index contributed by atoms with van der Waals surface area (Å²) in [7, 11) is 0. The monoisotopic (exact) mass is 769 g/mol. The smallest absolute Gasteiger partial charge is 0.136 e. The predicted molar refractivity (Wildman–Crippen MR) is 250 cm³/mol. The molecule has 0 atom stereocenters. The summed E-state index contributed by atoms with van der Waals surface area (Å²) in [6, 6.07) is 71.9. The fraction of sp³-hybridized carbons (Fsp3) is 0.0526. The molecule has 1 aliphatic rings. The quantitative estimate of drug-likeness (QED) is 0.169. The van der Waals surface area contributed by atoms with Crippen molar-refractivity contribution in [1.82, 2.24) is 0 Å². The van der Waals surface area contributed by atoms with Crippen LogP contribution in [0.4, 0.5) is 17.1 Å². The minimum Gasteiger partial charge on any atom is -0.456 e. The maximum absolute atomic E-state index is 6.62. The summed E-state index contributed by atoms with van der Waals surface area (Å²) in [5.74, 6) is 0. The summed E-state index contributed by atoms with van der Waals surface area (Å²) in [6.45, 7) is 4.69. The van der Waals surface area contributed by atoms with Gasteiger partial charge in [-0.1, -0.05) is 153 Å². The summed E-state index contributed by atoms with van der Waals surface area (Å²) in [5.41, 5.74) is 18.8. The van der Waals surface area contributed by atoms with E-state index in [1.807, 2.05) is 6.07 Å². The molecule has 0 spiro atoms. The molecule has 11 aromatic rings. The molecule has 0 radical (unpaired) electrons. The highest BCUT2D eigenvalue weighted by atomic mass is 16.3. The van der Waals surface area contributed by atoms with Gasteiger partial charge < -0.3 is 13.7 Å². The molecule has 0 bridgehead atoms. The first kappa shape index (κ1) is 34.4. The van der Waals surface area contributed by atoms with Crippen LogP contribution in [-0.4, -0.2) is 0 Å². The van der Waals surface area contributed by atoms with E-state index < -0.39 is 0 Å². The Morgan fingerprint density at radius 2 is 0.850 bits per heavy atom. The molecule has 0 saturated carbocycles. The van der Waals surface area contributed by atoms with Crippen molar-refractivity contribution in [2.24, 2.45) is 0 Å². The maximum atomic E-state index is 6.62. The number of hydrogen-bond acceptors (Lipinski definition) is 3. The normalized spacial score (nSPS) is 13.0. The van der Waals surface area contributed by atoms with Crippen molar-refractivity contribution >= 4 is 60.9 Å². The second kappa shape index (κ2) is 13.2. The molecule has 0 N–H and O–H groups in total. The van der Waals surface area contributed by atoms with Crippen molar-refractivity contribution in [2.75, 3.05) is 4.90 Å². The lowest BCUT2D eigenvalue weighted by Gasteiger charge is -2.30. The van der Waals surface area contributed by atoms with Gasteiger partial charge in [0.05, 0.1) is 5.69 Å². The predicted octanol–water partition coefficient (Wildman–Crippen LogP) is 16.3. The van der Waals surface area contributed by atoms with Crippen molar-refractivity contribution in [3.05, 3.63) is 211 Å². The van der Waals surface area contributed by atoms with Gasteiger partial charge in [0.1, 0.15) is 22.3 Å². The molecular formula is C57H39NO2. The Morgan fingerprint density at radius 3 is 1.62 bits per heavy atom. The first-order valence-electron chi connectivity index (χ1n) is 20.7. The Hall–Kier alpha value is -7.62. The molecule has 9 aromatic carbocycles. The largest absolute Gasteiger partial charge is 0.456 e. The van der Waals surface area contributed by atoms with Crippen LogP contribution in [0.15, 0.2) is 209 Å². The third-order valence-corrected chi connectivity index (χ3v) is 12.7. The van der Waals surface area contributed by atoms with Crippen LogP contribution in [-0.2, 0) is 5.41 Å². The van der Waals surface area contributed by atoms with Crippen LogP contribution >= 0.6 is 0 Å². The van der Waals surface area contributed by atoms with Crippen LogP contribution in [0.3, 0.4) is 0 Å². The van der Waals surface area contributed by atoms with Gasteiger partial charge in [0.2, 0.25) is 0 Å². The summed E-state index contributed by atoms with van der Waals surface area (Å²) in [6.07, 6.45) is 0. The highest BCUT2D eigenvalue weighted by molar-refractivity contribution is 6.15. The molecule has 284 valence electrons. The van der Waals surface area contributed by atoms with Crippen LogP contribution < -0.4 is 4.90 Å². The highest BCUT2D eigenvalue weighted by Gasteiger charge is 2.36. The Bertz CT molecular complexity index is 3450. The van der Waals surface area contributed by atoms with E-state index >= 15 is 0 Å². The second-order valence-electron chi connectivity index (χ2n) is 16.5. The first-order chi connectivity index (χ1) is 29.5. The average molecular weight is 770 g/mol. The van der Waals surface area contributed by atoms with Gasteiger partial charge in [0, 0.05) is 43.9 Å². The Kier molecular flexibility index (Phi) is 7.58. The van der Waals surface area contributed by atoms with E-state index in [-0.39, 0.29) is 5.41 Å². The Labute approximate surface area is 348 Å². The molecule has 12 rings (SSSR count). The van der Waals surface area contributed by atoms with E-state index in [1.54, 1.807) is 0 Å². The molecule has 0 saturated heterocycles. The van der Waals surface area contributed by atoms with Gasteiger partial charge in [-0.3, -0.25) is 0 Å². The number of fused-ring (bicyclic) bond motifs is 9. The summed E-state index contributed by atoms with van der Waals surface area (Å²) < 4.78 is 13.2. The topological polar surface area (TPSA) is 29.5 Å². The molecule has 3 heteroatoms. The Morgan fingerprint density at radius 1 is 0.333 bits per heavy atom. The lowest BCUT2D eigenvalue weighted by Crippen LogP contribution is -2.16. The molecule has 0 unspecified atom stereocenters. The number of furan rings is 2. The minimum atomic E-state index is -0.148.